The Morgan fingerprint density at radius 3 is 2.64 bits per heavy atom. The number of hydrogen-bond acceptors (Lipinski definition) is 4. The number of nitrogens with zero attached hydrogens (tertiary/aromatic N) is 1. The second-order valence-electron chi connectivity index (χ2n) is 10.2. The molecule has 1 heterocycles. The van der Waals surface area contributed by atoms with Crippen LogP contribution in [0.5, 0.6) is 5.75 Å². The van der Waals surface area contributed by atoms with Crippen LogP contribution in [-0.4, -0.2) is 42.5 Å². The van der Waals surface area contributed by atoms with Gasteiger partial charge in [-0.05, 0) is 86.7 Å². The molecule has 5 nitrogen and oxygen atoms in total. The standard InChI is InChI=1S/C28H34N2O3/c1-20(31)33-26-9-5-8-23(16-26)28-14-15-30(18-21-10-11-21)19-24(28)12-13-25(17-28)29-27(32)22-6-3-2-4-7-22/h2-9,16,21,24-25H,10-15,17-19H2,1H3,(H,29,32). The second-order valence-corrected chi connectivity index (χ2v) is 10.2. The van der Waals surface area contributed by atoms with Gasteiger partial charge in [-0.1, -0.05) is 30.3 Å². The Morgan fingerprint density at radius 2 is 1.88 bits per heavy atom. The molecular weight excluding hydrogens is 412 g/mol. The highest BCUT2D eigenvalue weighted by molar-refractivity contribution is 5.94. The van der Waals surface area contributed by atoms with Crippen molar-refractivity contribution in [1.82, 2.24) is 10.2 Å². The van der Waals surface area contributed by atoms with Crippen molar-refractivity contribution in [3.63, 3.8) is 0 Å². The van der Waals surface area contributed by atoms with Crippen LogP contribution in [-0.2, 0) is 10.2 Å². The van der Waals surface area contributed by atoms with Gasteiger partial charge in [-0.3, -0.25) is 9.59 Å². The minimum absolute atomic E-state index is 0.00836. The van der Waals surface area contributed by atoms with Gasteiger partial charge in [0.1, 0.15) is 5.75 Å². The molecule has 1 amide bonds. The molecule has 0 radical (unpaired) electrons. The summed E-state index contributed by atoms with van der Waals surface area (Å²) in [5.41, 5.74) is 1.95. The first-order chi connectivity index (χ1) is 16.0. The fraction of sp³-hybridized carbons (Fsp3) is 0.500. The molecule has 3 unspecified atom stereocenters. The normalized spacial score (nSPS) is 27.4. The van der Waals surface area contributed by atoms with Gasteiger partial charge in [-0.2, -0.15) is 0 Å². The largest absolute Gasteiger partial charge is 0.427 e. The Morgan fingerprint density at radius 1 is 1.06 bits per heavy atom. The highest BCUT2D eigenvalue weighted by Gasteiger charge is 2.48. The number of esters is 1. The van der Waals surface area contributed by atoms with Crippen molar-refractivity contribution in [2.45, 2.75) is 56.9 Å². The zero-order valence-electron chi connectivity index (χ0n) is 19.5. The van der Waals surface area contributed by atoms with Crippen LogP contribution in [0, 0.1) is 11.8 Å². The first kappa shape index (κ1) is 22.1. The van der Waals surface area contributed by atoms with Crippen LogP contribution < -0.4 is 10.1 Å². The van der Waals surface area contributed by atoms with Gasteiger partial charge in [0.2, 0.25) is 0 Å². The Kier molecular flexibility index (Phi) is 6.24. The van der Waals surface area contributed by atoms with Crippen molar-refractivity contribution >= 4 is 11.9 Å². The third-order valence-corrected chi connectivity index (χ3v) is 7.86. The smallest absolute Gasteiger partial charge is 0.308 e. The Labute approximate surface area is 196 Å². The molecule has 1 aliphatic heterocycles. The lowest BCUT2D eigenvalue weighted by Gasteiger charge is -2.53. The zero-order valence-corrected chi connectivity index (χ0v) is 19.5. The summed E-state index contributed by atoms with van der Waals surface area (Å²) in [5.74, 6) is 1.77. The summed E-state index contributed by atoms with van der Waals surface area (Å²) in [5, 5.41) is 3.33. The van der Waals surface area contributed by atoms with Crippen molar-refractivity contribution in [2.75, 3.05) is 19.6 Å². The molecule has 5 heteroatoms. The summed E-state index contributed by atoms with van der Waals surface area (Å²) >= 11 is 0. The molecule has 1 N–H and O–H groups in total. The van der Waals surface area contributed by atoms with Crippen LogP contribution in [0.1, 0.15) is 61.4 Å². The number of carbonyl (C=O) groups is 2. The highest BCUT2D eigenvalue weighted by atomic mass is 16.5. The molecule has 0 bridgehead atoms. The average molecular weight is 447 g/mol. The van der Waals surface area contributed by atoms with Gasteiger partial charge in [0.15, 0.2) is 0 Å². The minimum Gasteiger partial charge on any atom is -0.427 e. The van der Waals surface area contributed by atoms with E-state index in [1.807, 2.05) is 42.5 Å². The minimum atomic E-state index is -0.294. The fourth-order valence-corrected chi connectivity index (χ4v) is 6.07. The van der Waals surface area contributed by atoms with Gasteiger partial charge >= 0.3 is 5.97 Å². The number of fused-ring (bicyclic) bond motifs is 1. The highest BCUT2D eigenvalue weighted by Crippen LogP contribution is 2.50. The number of likely N-dealkylation sites (tertiary alicyclic amines) is 1. The van der Waals surface area contributed by atoms with Gasteiger partial charge in [0.05, 0.1) is 0 Å². The van der Waals surface area contributed by atoms with E-state index in [1.54, 1.807) is 0 Å². The zero-order chi connectivity index (χ0) is 22.8. The van der Waals surface area contributed by atoms with Gasteiger partial charge in [0, 0.05) is 37.0 Å². The first-order valence-corrected chi connectivity index (χ1v) is 12.4. The molecule has 2 aromatic rings. The summed E-state index contributed by atoms with van der Waals surface area (Å²) in [6.07, 6.45) is 6.86. The van der Waals surface area contributed by atoms with Crippen LogP contribution in [0.3, 0.4) is 0 Å². The van der Waals surface area contributed by atoms with Crippen LogP contribution in [0.2, 0.25) is 0 Å². The molecule has 2 saturated carbocycles. The van der Waals surface area contributed by atoms with Crippen molar-refractivity contribution in [1.29, 1.82) is 0 Å². The predicted molar refractivity (Wildman–Crippen MR) is 128 cm³/mol. The number of hydrogen-bond donors (Lipinski definition) is 1. The van der Waals surface area contributed by atoms with Crippen LogP contribution in [0.15, 0.2) is 54.6 Å². The number of amides is 1. The lowest BCUT2D eigenvalue weighted by Crippen LogP contribution is -2.56. The summed E-state index contributed by atoms with van der Waals surface area (Å²) in [7, 11) is 0. The molecule has 174 valence electrons. The van der Waals surface area contributed by atoms with E-state index in [1.165, 1.54) is 31.9 Å². The van der Waals surface area contributed by atoms with E-state index in [-0.39, 0.29) is 23.3 Å². The van der Waals surface area contributed by atoms with E-state index in [2.05, 4.69) is 22.3 Å². The molecule has 0 aromatic heterocycles. The maximum Gasteiger partial charge on any atom is 0.308 e. The quantitative estimate of drug-likeness (QED) is 0.522. The van der Waals surface area contributed by atoms with E-state index < -0.39 is 0 Å². The second kappa shape index (κ2) is 9.30. The number of nitrogens with one attached hydrogen (secondary N) is 1. The summed E-state index contributed by atoms with van der Waals surface area (Å²) in [6.45, 7) is 4.88. The van der Waals surface area contributed by atoms with Crippen molar-refractivity contribution in [3.05, 3.63) is 65.7 Å². The molecular formula is C28H34N2O3. The third-order valence-electron chi connectivity index (χ3n) is 7.86. The summed E-state index contributed by atoms with van der Waals surface area (Å²) < 4.78 is 5.43. The molecule has 33 heavy (non-hydrogen) atoms. The van der Waals surface area contributed by atoms with E-state index >= 15 is 0 Å². The number of carbonyl (C=O) groups excluding carboxylic acids is 2. The molecule has 3 fully saturated rings. The van der Waals surface area contributed by atoms with E-state index in [0.717, 1.165) is 44.7 Å². The average Bonchev–Trinajstić information content (AvgIpc) is 3.63. The number of ether oxygens (including phenoxy) is 1. The molecule has 2 aliphatic carbocycles. The number of piperidine rings is 1. The fourth-order valence-electron chi connectivity index (χ4n) is 6.07. The lowest BCUT2D eigenvalue weighted by molar-refractivity contribution is -0.131. The van der Waals surface area contributed by atoms with Crippen LogP contribution >= 0.6 is 0 Å². The Hall–Kier alpha value is -2.66. The predicted octanol–water partition coefficient (Wildman–Crippen LogP) is 4.56. The van der Waals surface area contributed by atoms with Gasteiger partial charge in [-0.25, -0.2) is 0 Å². The summed E-state index contributed by atoms with van der Waals surface area (Å²) in [6, 6.07) is 17.7. The molecule has 1 saturated heterocycles. The SMILES string of the molecule is CC(=O)Oc1cccc(C23CCN(CC4CC4)CC2CCC(NC(=O)c2ccccc2)C3)c1. The third kappa shape index (κ3) is 4.98. The van der Waals surface area contributed by atoms with Crippen LogP contribution in [0.4, 0.5) is 0 Å². The van der Waals surface area contributed by atoms with Crippen LogP contribution in [0.25, 0.3) is 0 Å². The van der Waals surface area contributed by atoms with Gasteiger partial charge in [-0.15, -0.1) is 0 Å². The monoisotopic (exact) mass is 446 g/mol. The Bertz CT molecular complexity index is 1000. The van der Waals surface area contributed by atoms with E-state index in [4.69, 9.17) is 4.74 Å². The maximum absolute atomic E-state index is 12.9. The van der Waals surface area contributed by atoms with Gasteiger partial charge < -0.3 is 15.0 Å². The number of benzene rings is 2. The van der Waals surface area contributed by atoms with Crippen molar-refractivity contribution in [2.24, 2.45) is 11.8 Å². The molecule has 5 rings (SSSR count). The topological polar surface area (TPSA) is 58.6 Å². The Balaban J connectivity index is 1.39. The molecule has 2 aromatic carbocycles. The number of rotatable bonds is 6. The van der Waals surface area contributed by atoms with Gasteiger partial charge in [0.25, 0.3) is 5.91 Å². The van der Waals surface area contributed by atoms with E-state index in [0.29, 0.717) is 17.2 Å². The van der Waals surface area contributed by atoms with Crippen molar-refractivity contribution in [3.8, 4) is 5.75 Å². The molecule has 3 atom stereocenters. The molecule has 3 aliphatic rings. The van der Waals surface area contributed by atoms with E-state index in [9.17, 15) is 9.59 Å². The lowest BCUT2D eigenvalue weighted by atomic mass is 9.58. The van der Waals surface area contributed by atoms with Crippen molar-refractivity contribution < 1.29 is 14.3 Å². The summed E-state index contributed by atoms with van der Waals surface area (Å²) in [4.78, 5) is 27.1. The molecule has 0 spiro atoms. The first-order valence-electron chi connectivity index (χ1n) is 12.4. The maximum atomic E-state index is 12.9.